The first-order chi connectivity index (χ1) is 9.80. The van der Waals surface area contributed by atoms with Crippen molar-refractivity contribution >= 4 is 43.2 Å². The van der Waals surface area contributed by atoms with Gasteiger partial charge in [-0.3, -0.25) is 0 Å². The fourth-order valence-electron chi connectivity index (χ4n) is 1.87. The highest BCUT2D eigenvalue weighted by atomic mass is 79.9. The Morgan fingerprint density at radius 2 is 1.95 bits per heavy atom. The number of anilines is 1. The van der Waals surface area contributed by atoms with Gasteiger partial charge in [-0.05, 0) is 35.9 Å². The molecule has 112 valence electrons. The molecule has 2 aromatic rings. The fraction of sp³-hybridized carbons (Fsp3) is 0.143. The molecule has 0 saturated carbocycles. The Morgan fingerprint density at radius 3 is 2.57 bits per heavy atom. The summed E-state index contributed by atoms with van der Waals surface area (Å²) in [5, 5.41) is 0.121. The van der Waals surface area contributed by atoms with Crippen LogP contribution in [0, 0.1) is 0 Å². The second-order valence-electron chi connectivity index (χ2n) is 4.58. The number of nitrogen functional groups attached to an aromatic ring is 1. The van der Waals surface area contributed by atoms with Crippen LogP contribution in [0.2, 0.25) is 5.02 Å². The van der Waals surface area contributed by atoms with Gasteiger partial charge < -0.3 is 5.73 Å². The first kappa shape index (κ1) is 16.3. The van der Waals surface area contributed by atoms with E-state index in [1.165, 1.54) is 29.6 Å². The van der Waals surface area contributed by atoms with Crippen molar-refractivity contribution < 1.29 is 8.42 Å². The normalized spacial score (nSPS) is 11.8. The highest BCUT2D eigenvalue weighted by molar-refractivity contribution is 9.10. The van der Waals surface area contributed by atoms with E-state index in [1.807, 2.05) is 24.3 Å². The van der Waals surface area contributed by atoms with Gasteiger partial charge in [0.15, 0.2) is 0 Å². The van der Waals surface area contributed by atoms with Gasteiger partial charge >= 0.3 is 0 Å². The molecule has 0 aliphatic heterocycles. The quantitative estimate of drug-likeness (QED) is 0.814. The van der Waals surface area contributed by atoms with Crippen molar-refractivity contribution in [3.05, 3.63) is 57.5 Å². The SMILES string of the molecule is CN(Cc1cccc(Br)c1)S(=O)(=O)c1ccc(N)cc1Cl. The predicted octanol–water partition coefficient (Wildman–Crippen LogP) is 3.51. The van der Waals surface area contributed by atoms with Gasteiger partial charge in [-0.2, -0.15) is 4.31 Å². The van der Waals surface area contributed by atoms with Crippen LogP contribution in [0.25, 0.3) is 0 Å². The number of hydrogen-bond acceptors (Lipinski definition) is 3. The van der Waals surface area contributed by atoms with Crippen LogP contribution in [0.5, 0.6) is 0 Å². The average molecular weight is 390 g/mol. The molecular weight excluding hydrogens is 376 g/mol. The van der Waals surface area contributed by atoms with Gasteiger partial charge in [0.2, 0.25) is 10.0 Å². The first-order valence-corrected chi connectivity index (χ1v) is 8.67. The van der Waals surface area contributed by atoms with Gasteiger partial charge in [0.1, 0.15) is 4.90 Å². The van der Waals surface area contributed by atoms with Crippen molar-refractivity contribution in [2.45, 2.75) is 11.4 Å². The summed E-state index contributed by atoms with van der Waals surface area (Å²) >= 11 is 9.36. The van der Waals surface area contributed by atoms with Crippen molar-refractivity contribution in [3.63, 3.8) is 0 Å². The van der Waals surface area contributed by atoms with Gasteiger partial charge in [0.25, 0.3) is 0 Å². The van der Waals surface area contributed by atoms with Crippen molar-refractivity contribution in [3.8, 4) is 0 Å². The zero-order chi connectivity index (χ0) is 15.6. The minimum Gasteiger partial charge on any atom is -0.399 e. The molecule has 0 spiro atoms. The van der Waals surface area contributed by atoms with Crippen molar-refractivity contribution in [1.82, 2.24) is 4.31 Å². The topological polar surface area (TPSA) is 63.4 Å². The number of hydrogen-bond donors (Lipinski definition) is 1. The number of nitrogens with two attached hydrogens (primary N) is 1. The monoisotopic (exact) mass is 388 g/mol. The lowest BCUT2D eigenvalue weighted by Crippen LogP contribution is -2.26. The van der Waals surface area contributed by atoms with E-state index < -0.39 is 10.0 Å². The molecule has 2 aromatic carbocycles. The third-order valence-corrected chi connectivity index (χ3v) is 5.72. The van der Waals surface area contributed by atoms with E-state index in [2.05, 4.69) is 15.9 Å². The smallest absolute Gasteiger partial charge is 0.244 e. The van der Waals surface area contributed by atoms with Gasteiger partial charge in [-0.15, -0.1) is 0 Å². The molecule has 0 aliphatic carbocycles. The molecule has 0 heterocycles. The van der Waals surface area contributed by atoms with Gasteiger partial charge in [0, 0.05) is 23.8 Å². The molecule has 0 saturated heterocycles. The van der Waals surface area contributed by atoms with E-state index in [4.69, 9.17) is 17.3 Å². The molecule has 4 nitrogen and oxygen atoms in total. The van der Waals surface area contributed by atoms with Crippen LogP contribution in [-0.2, 0) is 16.6 Å². The summed E-state index contributed by atoms with van der Waals surface area (Å²) in [6.45, 7) is 0.252. The molecular formula is C14H14BrClN2O2S. The van der Waals surface area contributed by atoms with Gasteiger partial charge in [-0.25, -0.2) is 8.42 Å². The summed E-state index contributed by atoms with van der Waals surface area (Å²) in [6, 6.07) is 11.8. The third-order valence-electron chi connectivity index (χ3n) is 2.94. The van der Waals surface area contributed by atoms with E-state index in [9.17, 15) is 8.42 Å². The summed E-state index contributed by atoms with van der Waals surface area (Å²) in [5.41, 5.74) is 6.89. The maximum atomic E-state index is 12.5. The van der Waals surface area contributed by atoms with Crippen LogP contribution in [0.3, 0.4) is 0 Å². The van der Waals surface area contributed by atoms with E-state index >= 15 is 0 Å². The second-order valence-corrected chi connectivity index (χ2v) is 7.92. The minimum absolute atomic E-state index is 0.0517. The molecule has 2 N–H and O–H groups in total. The largest absolute Gasteiger partial charge is 0.399 e. The summed E-state index contributed by atoms with van der Waals surface area (Å²) in [4.78, 5) is 0.0517. The lowest BCUT2D eigenvalue weighted by atomic mass is 10.2. The van der Waals surface area contributed by atoms with Gasteiger partial charge in [-0.1, -0.05) is 39.7 Å². The van der Waals surface area contributed by atoms with Crippen LogP contribution in [0.15, 0.2) is 51.8 Å². The highest BCUT2D eigenvalue weighted by Crippen LogP contribution is 2.27. The Bertz CT molecular complexity index is 765. The Hall–Kier alpha value is -1.08. The number of sulfonamides is 1. The number of benzene rings is 2. The maximum absolute atomic E-state index is 12.5. The molecule has 21 heavy (non-hydrogen) atoms. The van der Waals surface area contributed by atoms with E-state index in [0.29, 0.717) is 5.69 Å². The molecule has 0 amide bonds. The Kier molecular flexibility index (Phi) is 4.93. The number of rotatable bonds is 4. The zero-order valence-corrected chi connectivity index (χ0v) is 14.4. The average Bonchev–Trinajstić information content (AvgIpc) is 2.38. The Labute approximate surface area is 137 Å². The van der Waals surface area contributed by atoms with Crippen molar-refractivity contribution in [2.24, 2.45) is 0 Å². The van der Waals surface area contributed by atoms with Crippen LogP contribution < -0.4 is 5.73 Å². The fourth-order valence-corrected chi connectivity index (χ4v) is 4.00. The molecule has 0 bridgehead atoms. The van der Waals surface area contributed by atoms with Crippen molar-refractivity contribution in [2.75, 3.05) is 12.8 Å². The minimum atomic E-state index is -3.67. The second kappa shape index (κ2) is 6.36. The molecule has 0 aliphatic rings. The lowest BCUT2D eigenvalue weighted by Gasteiger charge is -2.18. The lowest BCUT2D eigenvalue weighted by molar-refractivity contribution is 0.466. The molecule has 0 radical (unpaired) electrons. The predicted molar refractivity (Wildman–Crippen MR) is 88.7 cm³/mol. The number of nitrogens with zero attached hydrogens (tertiary/aromatic N) is 1. The number of halogens is 2. The third kappa shape index (κ3) is 3.77. The Morgan fingerprint density at radius 1 is 1.24 bits per heavy atom. The van der Waals surface area contributed by atoms with Crippen LogP contribution >= 0.6 is 27.5 Å². The summed E-state index contributed by atoms with van der Waals surface area (Å²) in [6.07, 6.45) is 0. The summed E-state index contributed by atoms with van der Waals surface area (Å²) in [7, 11) is -2.15. The van der Waals surface area contributed by atoms with E-state index in [0.717, 1.165) is 10.0 Å². The molecule has 0 aromatic heterocycles. The molecule has 2 rings (SSSR count). The molecule has 0 unspecified atom stereocenters. The van der Waals surface area contributed by atoms with E-state index in [-0.39, 0.29) is 16.5 Å². The molecule has 7 heteroatoms. The van der Waals surface area contributed by atoms with Crippen LogP contribution in [-0.4, -0.2) is 19.8 Å². The first-order valence-electron chi connectivity index (χ1n) is 6.06. The van der Waals surface area contributed by atoms with Crippen LogP contribution in [0.4, 0.5) is 5.69 Å². The Balaban J connectivity index is 2.30. The molecule has 0 fully saturated rings. The summed E-state index contributed by atoms with van der Waals surface area (Å²) in [5.74, 6) is 0. The zero-order valence-electron chi connectivity index (χ0n) is 11.3. The standard InChI is InChI=1S/C14H14BrClN2O2S/c1-18(9-10-3-2-4-11(15)7-10)21(19,20)14-6-5-12(17)8-13(14)16/h2-8H,9,17H2,1H3. The van der Waals surface area contributed by atoms with Crippen molar-refractivity contribution in [1.29, 1.82) is 0 Å². The van der Waals surface area contributed by atoms with Crippen LogP contribution in [0.1, 0.15) is 5.56 Å². The maximum Gasteiger partial charge on any atom is 0.244 e. The molecule has 0 atom stereocenters. The van der Waals surface area contributed by atoms with Gasteiger partial charge in [0.05, 0.1) is 5.02 Å². The van der Waals surface area contributed by atoms with E-state index in [1.54, 1.807) is 0 Å². The highest BCUT2D eigenvalue weighted by Gasteiger charge is 2.23. The summed E-state index contributed by atoms with van der Waals surface area (Å²) < 4.78 is 27.2.